The van der Waals surface area contributed by atoms with E-state index in [1.54, 1.807) is 29.8 Å². The number of benzene rings is 2. The Morgan fingerprint density at radius 1 is 1.23 bits per heavy atom. The molecule has 0 spiro atoms. The maximum absolute atomic E-state index is 12.8. The van der Waals surface area contributed by atoms with E-state index in [2.05, 4.69) is 15.5 Å². The van der Waals surface area contributed by atoms with Gasteiger partial charge in [-0.15, -0.1) is 10.2 Å². The van der Waals surface area contributed by atoms with Crippen LogP contribution in [0.3, 0.4) is 0 Å². The molecule has 0 aliphatic heterocycles. The number of nitrogens with zero attached hydrogens (tertiary/aromatic N) is 3. The Bertz CT molecular complexity index is 1070. The first-order valence-electron chi connectivity index (χ1n) is 8.52. The van der Waals surface area contributed by atoms with Crippen molar-refractivity contribution >= 4 is 35.0 Å². The van der Waals surface area contributed by atoms with Gasteiger partial charge in [-0.05, 0) is 36.4 Å². The van der Waals surface area contributed by atoms with Crippen molar-refractivity contribution in [1.82, 2.24) is 14.8 Å². The lowest BCUT2D eigenvalue weighted by atomic mass is 10.2. The Morgan fingerprint density at radius 3 is 2.70 bits per heavy atom. The fourth-order valence-corrected chi connectivity index (χ4v) is 3.51. The van der Waals surface area contributed by atoms with Gasteiger partial charge in [0.25, 0.3) is 0 Å². The summed E-state index contributed by atoms with van der Waals surface area (Å²) >= 11 is 7.16. The van der Waals surface area contributed by atoms with Crippen molar-refractivity contribution < 1.29 is 22.7 Å². The van der Waals surface area contributed by atoms with Crippen LogP contribution in [-0.4, -0.2) is 33.5 Å². The number of thioether (sulfide) groups is 1. The Hall–Kier alpha value is -2.72. The number of ether oxygens (including phenoxy) is 1. The van der Waals surface area contributed by atoms with Crippen LogP contribution in [0.4, 0.5) is 18.9 Å². The van der Waals surface area contributed by atoms with Gasteiger partial charge in [0, 0.05) is 17.8 Å². The zero-order valence-electron chi connectivity index (χ0n) is 15.8. The summed E-state index contributed by atoms with van der Waals surface area (Å²) in [5.74, 6) is 0.530. The molecule has 1 heterocycles. The van der Waals surface area contributed by atoms with E-state index >= 15 is 0 Å². The number of methoxy groups -OCH3 is 1. The molecule has 0 unspecified atom stereocenters. The molecular weight excluding hydrogens is 441 g/mol. The van der Waals surface area contributed by atoms with Gasteiger partial charge in [-0.25, -0.2) is 0 Å². The SMILES string of the molecule is COc1ccc(Cl)cc1-c1nnc(SCC(=O)Nc2cccc(C(F)(F)F)c2)n1C. The molecule has 0 saturated heterocycles. The van der Waals surface area contributed by atoms with Crippen molar-refractivity contribution in [3.05, 3.63) is 53.1 Å². The molecule has 3 aromatic rings. The topological polar surface area (TPSA) is 69.0 Å². The number of anilines is 1. The molecule has 3 rings (SSSR count). The second-order valence-electron chi connectivity index (χ2n) is 6.13. The zero-order valence-corrected chi connectivity index (χ0v) is 17.4. The van der Waals surface area contributed by atoms with E-state index < -0.39 is 17.6 Å². The first kappa shape index (κ1) is 22.0. The minimum absolute atomic E-state index is 0.0606. The molecule has 1 amide bonds. The number of amides is 1. The van der Waals surface area contributed by atoms with Crippen LogP contribution >= 0.6 is 23.4 Å². The Balaban J connectivity index is 1.69. The normalized spacial score (nSPS) is 11.4. The van der Waals surface area contributed by atoms with Crippen molar-refractivity contribution in [3.8, 4) is 17.1 Å². The van der Waals surface area contributed by atoms with Gasteiger partial charge in [0.05, 0.1) is 24.0 Å². The van der Waals surface area contributed by atoms with Crippen LogP contribution in [-0.2, 0) is 18.0 Å². The average molecular weight is 457 g/mol. The van der Waals surface area contributed by atoms with E-state index in [0.717, 1.165) is 23.9 Å². The van der Waals surface area contributed by atoms with Crippen LogP contribution in [0.25, 0.3) is 11.4 Å². The quantitative estimate of drug-likeness (QED) is 0.535. The zero-order chi connectivity index (χ0) is 21.9. The second kappa shape index (κ2) is 8.97. The summed E-state index contributed by atoms with van der Waals surface area (Å²) in [5.41, 5.74) is -0.126. The van der Waals surface area contributed by atoms with Gasteiger partial charge in [-0.1, -0.05) is 29.4 Å². The van der Waals surface area contributed by atoms with Gasteiger partial charge in [0.15, 0.2) is 11.0 Å². The van der Waals surface area contributed by atoms with Crippen LogP contribution in [0, 0.1) is 0 Å². The number of carbonyl (C=O) groups is 1. The highest BCUT2D eigenvalue weighted by molar-refractivity contribution is 7.99. The number of aromatic nitrogens is 3. The highest BCUT2D eigenvalue weighted by Crippen LogP contribution is 2.33. The molecular formula is C19H16ClF3N4O2S. The number of hydrogen-bond acceptors (Lipinski definition) is 5. The number of alkyl halides is 3. The van der Waals surface area contributed by atoms with Crippen LogP contribution in [0.5, 0.6) is 5.75 Å². The molecule has 2 aromatic carbocycles. The van der Waals surface area contributed by atoms with Gasteiger partial charge in [0.1, 0.15) is 5.75 Å². The lowest BCUT2D eigenvalue weighted by Gasteiger charge is -2.10. The smallest absolute Gasteiger partial charge is 0.416 e. The second-order valence-corrected chi connectivity index (χ2v) is 7.50. The summed E-state index contributed by atoms with van der Waals surface area (Å²) < 4.78 is 45.4. The van der Waals surface area contributed by atoms with E-state index in [1.165, 1.54) is 19.2 Å². The average Bonchev–Trinajstić information content (AvgIpc) is 3.06. The van der Waals surface area contributed by atoms with E-state index in [9.17, 15) is 18.0 Å². The highest BCUT2D eigenvalue weighted by Gasteiger charge is 2.30. The van der Waals surface area contributed by atoms with E-state index in [4.69, 9.17) is 16.3 Å². The molecule has 158 valence electrons. The largest absolute Gasteiger partial charge is 0.496 e. The van der Waals surface area contributed by atoms with Crippen molar-refractivity contribution in [1.29, 1.82) is 0 Å². The standard InChI is InChI=1S/C19H16ClF3N4O2S/c1-27-17(14-9-12(20)6-7-15(14)29-2)25-26-18(27)30-10-16(28)24-13-5-3-4-11(8-13)19(21,22)23/h3-9H,10H2,1-2H3,(H,24,28). The van der Waals surface area contributed by atoms with Gasteiger partial charge in [-0.2, -0.15) is 13.2 Å². The minimum atomic E-state index is -4.48. The van der Waals surface area contributed by atoms with Crippen molar-refractivity contribution in [2.24, 2.45) is 7.05 Å². The Labute approximate surface area is 179 Å². The molecule has 0 atom stereocenters. The molecule has 0 aliphatic carbocycles. The Morgan fingerprint density at radius 2 is 2.00 bits per heavy atom. The summed E-state index contributed by atoms with van der Waals surface area (Å²) in [4.78, 5) is 12.2. The summed E-state index contributed by atoms with van der Waals surface area (Å²) in [6.45, 7) is 0. The number of halogens is 4. The molecule has 0 fully saturated rings. The number of rotatable bonds is 6. The van der Waals surface area contributed by atoms with Crippen molar-refractivity contribution in [2.45, 2.75) is 11.3 Å². The van der Waals surface area contributed by atoms with E-state index in [0.29, 0.717) is 27.3 Å². The fraction of sp³-hybridized carbons (Fsp3) is 0.211. The predicted octanol–water partition coefficient (Wildman–Crippen LogP) is 4.89. The third kappa shape index (κ3) is 5.06. The van der Waals surface area contributed by atoms with Gasteiger partial charge >= 0.3 is 6.18 Å². The molecule has 0 radical (unpaired) electrons. The molecule has 30 heavy (non-hydrogen) atoms. The van der Waals surface area contributed by atoms with Crippen molar-refractivity contribution in [2.75, 3.05) is 18.2 Å². The van der Waals surface area contributed by atoms with E-state index in [-0.39, 0.29) is 11.4 Å². The summed E-state index contributed by atoms with van der Waals surface area (Å²) in [7, 11) is 3.25. The molecule has 1 N–H and O–H groups in total. The molecule has 0 bridgehead atoms. The first-order chi connectivity index (χ1) is 14.2. The summed E-state index contributed by atoms with van der Waals surface area (Å²) in [6.07, 6.45) is -4.48. The molecule has 0 aliphatic rings. The van der Waals surface area contributed by atoms with Crippen LogP contribution in [0.2, 0.25) is 5.02 Å². The lowest BCUT2D eigenvalue weighted by molar-refractivity contribution is -0.137. The summed E-state index contributed by atoms with van der Waals surface area (Å²) in [6, 6.07) is 9.54. The third-order valence-electron chi connectivity index (χ3n) is 4.04. The Kier molecular flexibility index (Phi) is 6.57. The number of nitrogens with one attached hydrogen (secondary N) is 1. The monoisotopic (exact) mass is 456 g/mol. The highest BCUT2D eigenvalue weighted by atomic mass is 35.5. The predicted molar refractivity (Wildman–Crippen MR) is 109 cm³/mol. The van der Waals surface area contributed by atoms with Crippen LogP contribution in [0.15, 0.2) is 47.6 Å². The fourth-order valence-electron chi connectivity index (χ4n) is 2.63. The van der Waals surface area contributed by atoms with Gasteiger partial charge in [-0.3, -0.25) is 4.79 Å². The number of carbonyl (C=O) groups excluding carboxylic acids is 1. The molecule has 1 aromatic heterocycles. The van der Waals surface area contributed by atoms with Crippen LogP contribution in [0.1, 0.15) is 5.56 Å². The van der Waals surface area contributed by atoms with E-state index in [1.807, 2.05) is 0 Å². The molecule has 11 heteroatoms. The maximum atomic E-state index is 12.8. The molecule has 0 saturated carbocycles. The van der Waals surface area contributed by atoms with Gasteiger partial charge in [0.2, 0.25) is 5.91 Å². The van der Waals surface area contributed by atoms with Gasteiger partial charge < -0.3 is 14.6 Å². The molecule has 6 nitrogen and oxygen atoms in total. The maximum Gasteiger partial charge on any atom is 0.416 e. The third-order valence-corrected chi connectivity index (χ3v) is 5.30. The summed E-state index contributed by atoms with van der Waals surface area (Å²) in [5, 5.41) is 11.6. The number of hydrogen-bond donors (Lipinski definition) is 1. The van der Waals surface area contributed by atoms with Crippen molar-refractivity contribution in [3.63, 3.8) is 0 Å². The lowest BCUT2D eigenvalue weighted by Crippen LogP contribution is -2.15. The first-order valence-corrected chi connectivity index (χ1v) is 9.88. The minimum Gasteiger partial charge on any atom is -0.496 e. The van der Waals surface area contributed by atoms with Crippen LogP contribution < -0.4 is 10.1 Å².